The first-order valence-corrected chi connectivity index (χ1v) is 10.3. The average Bonchev–Trinajstić information content (AvgIpc) is 3.10. The van der Waals surface area contributed by atoms with Crippen molar-refractivity contribution in [2.45, 2.75) is 30.2 Å². The molecule has 1 aromatic carbocycles. The summed E-state index contributed by atoms with van der Waals surface area (Å²) >= 11 is 0. The van der Waals surface area contributed by atoms with E-state index in [0.29, 0.717) is 38.2 Å². The van der Waals surface area contributed by atoms with E-state index >= 15 is 0 Å². The number of benzene rings is 1. The number of likely N-dealkylation sites (tertiary alicyclic amines) is 1. The van der Waals surface area contributed by atoms with Crippen molar-refractivity contribution >= 4 is 21.6 Å². The van der Waals surface area contributed by atoms with Crippen molar-refractivity contribution in [2.75, 3.05) is 25.0 Å². The van der Waals surface area contributed by atoms with Crippen LogP contribution in [0.2, 0.25) is 0 Å². The quantitative estimate of drug-likeness (QED) is 0.828. The SMILES string of the molecule is CCOc1ccc(NC(=O)N2CCC(S(=O)(=O)c3nncn3C)CC2)cc1. The molecule has 1 aliphatic rings. The second-order valence-corrected chi connectivity index (χ2v) is 8.47. The number of carbonyl (C=O) groups is 1. The van der Waals surface area contributed by atoms with Gasteiger partial charge in [-0.3, -0.25) is 0 Å². The zero-order chi connectivity index (χ0) is 19.4. The highest BCUT2D eigenvalue weighted by atomic mass is 32.2. The maximum absolute atomic E-state index is 12.7. The minimum Gasteiger partial charge on any atom is -0.494 e. The van der Waals surface area contributed by atoms with E-state index in [4.69, 9.17) is 4.74 Å². The molecule has 1 saturated heterocycles. The van der Waals surface area contributed by atoms with Gasteiger partial charge < -0.3 is 19.5 Å². The third kappa shape index (κ3) is 4.21. The normalized spacial score (nSPS) is 15.6. The molecule has 2 heterocycles. The molecule has 2 amide bonds. The third-order valence-corrected chi connectivity index (χ3v) is 6.74. The number of sulfone groups is 1. The van der Waals surface area contributed by atoms with Gasteiger partial charge in [-0.25, -0.2) is 13.2 Å². The lowest BCUT2D eigenvalue weighted by atomic mass is 10.1. The van der Waals surface area contributed by atoms with Gasteiger partial charge in [0.05, 0.1) is 11.9 Å². The molecule has 0 spiro atoms. The Morgan fingerprint density at radius 3 is 2.48 bits per heavy atom. The number of amides is 2. The number of aryl methyl sites for hydroxylation is 1. The molecule has 0 aliphatic carbocycles. The Hall–Kier alpha value is -2.62. The molecule has 0 bridgehead atoms. The molecule has 0 saturated carbocycles. The fraction of sp³-hybridized carbons (Fsp3) is 0.471. The summed E-state index contributed by atoms with van der Waals surface area (Å²) in [6.45, 7) is 3.22. The van der Waals surface area contributed by atoms with Crippen molar-refractivity contribution in [3.63, 3.8) is 0 Å². The number of aromatic nitrogens is 3. The number of hydrogen-bond donors (Lipinski definition) is 1. The molecule has 1 aromatic heterocycles. The number of ether oxygens (including phenoxy) is 1. The first-order valence-electron chi connectivity index (χ1n) is 8.78. The fourth-order valence-corrected chi connectivity index (χ4v) is 4.79. The van der Waals surface area contributed by atoms with Crippen LogP contribution in [0, 0.1) is 0 Å². The molecule has 1 aliphatic heterocycles. The van der Waals surface area contributed by atoms with Crippen molar-refractivity contribution < 1.29 is 17.9 Å². The van der Waals surface area contributed by atoms with Crippen LogP contribution in [0.25, 0.3) is 0 Å². The van der Waals surface area contributed by atoms with Gasteiger partial charge in [-0.15, -0.1) is 10.2 Å². The molecule has 10 heteroatoms. The summed E-state index contributed by atoms with van der Waals surface area (Å²) in [6, 6.07) is 6.88. The van der Waals surface area contributed by atoms with Gasteiger partial charge in [-0.1, -0.05) is 0 Å². The summed E-state index contributed by atoms with van der Waals surface area (Å²) < 4.78 is 32.1. The number of anilines is 1. The Balaban J connectivity index is 1.57. The van der Waals surface area contributed by atoms with Crippen molar-refractivity contribution in [2.24, 2.45) is 7.05 Å². The number of rotatable bonds is 5. The molecule has 0 atom stereocenters. The summed E-state index contributed by atoms with van der Waals surface area (Å²) in [4.78, 5) is 14.0. The lowest BCUT2D eigenvalue weighted by molar-refractivity contribution is 0.200. The highest BCUT2D eigenvalue weighted by molar-refractivity contribution is 7.91. The van der Waals surface area contributed by atoms with Crippen molar-refractivity contribution in [3.8, 4) is 5.75 Å². The number of nitrogens with one attached hydrogen (secondary N) is 1. The largest absolute Gasteiger partial charge is 0.494 e. The molecule has 9 nitrogen and oxygen atoms in total. The van der Waals surface area contributed by atoms with Gasteiger partial charge in [0.25, 0.3) is 0 Å². The zero-order valence-electron chi connectivity index (χ0n) is 15.3. The maximum Gasteiger partial charge on any atom is 0.321 e. The molecule has 2 aromatic rings. The Bertz CT molecular complexity index is 886. The molecule has 146 valence electrons. The van der Waals surface area contributed by atoms with Gasteiger partial charge >= 0.3 is 6.03 Å². The van der Waals surface area contributed by atoms with Crippen LogP contribution in [0.4, 0.5) is 10.5 Å². The second-order valence-electron chi connectivity index (χ2n) is 6.34. The smallest absolute Gasteiger partial charge is 0.321 e. The summed E-state index contributed by atoms with van der Waals surface area (Å²) in [5, 5.41) is 9.59. The summed E-state index contributed by atoms with van der Waals surface area (Å²) in [5.74, 6) is 0.741. The predicted octanol–water partition coefficient (Wildman–Crippen LogP) is 1.68. The fourth-order valence-electron chi connectivity index (χ4n) is 3.05. The molecular weight excluding hydrogens is 370 g/mol. The van der Waals surface area contributed by atoms with E-state index in [-0.39, 0.29) is 11.2 Å². The predicted molar refractivity (Wildman–Crippen MR) is 99.4 cm³/mol. The van der Waals surface area contributed by atoms with Gasteiger partial charge in [0.1, 0.15) is 12.1 Å². The van der Waals surface area contributed by atoms with Gasteiger partial charge in [0.15, 0.2) is 0 Å². The van der Waals surface area contributed by atoms with Crippen molar-refractivity contribution in [3.05, 3.63) is 30.6 Å². The van der Waals surface area contributed by atoms with Crippen LogP contribution in [-0.4, -0.2) is 59.1 Å². The Labute approximate surface area is 158 Å². The van der Waals surface area contributed by atoms with E-state index in [9.17, 15) is 13.2 Å². The van der Waals surface area contributed by atoms with Gasteiger partial charge in [-0.2, -0.15) is 0 Å². The number of carbonyl (C=O) groups excluding carboxylic acids is 1. The van der Waals surface area contributed by atoms with Crippen LogP contribution in [0.5, 0.6) is 5.75 Å². The van der Waals surface area contributed by atoms with E-state index < -0.39 is 15.1 Å². The lowest BCUT2D eigenvalue weighted by Gasteiger charge is -2.31. The summed E-state index contributed by atoms with van der Waals surface area (Å²) in [7, 11) is -1.95. The van der Waals surface area contributed by atoms with Crippen LogP contribution in [0.1, 0.15) is 19.8 Å². The van der Waals surface area contributed by atoms with Gasteiger partial charge in [0, 0.05) is 25.8 Å². The maximum atomic E-state index is 12.7. The third-order valence-electron chi connectivity index (χ3n) is 4.51. The highest BCUT2D eigenvalue weighted by Gasteiger charge is 2.35. The minimum absolute atomic E-state index is 0.0280. The minimum atomic E-state index is -3.55. The van der Waals surface area contributed by atoms with E-state index in [2.05, 4.69) is 15.5 Å². The van der Waals surface area contributed by atoms with Crippen molar-refractivity contribution in [1.29, 1.82) is 0 Å². The van der Waals surface area contributed by atoms with E-state index in [1.165, 1.54) is 10.9 Å². The van der Waals surface area contributed by atoms with Crippen molar-refractivity contribution in [1.82, 2.24) is 19.7 Å². The highest BCUT2D eigenvalue weighted by Crippen LogP contribution is 2.24. The van der Waals surface area contributed by atoms with E-state index in [1.54, 1.807) is 36.2 Å². The topological polar surface area (TPSA) is 106 Å². The number of urea groups is 1. The van der Waals surface area contributed by atoms with Crippen LogP contribution < -0.4 is 10.1 Å². The Morgan fingerprint density at radius 2 is 1.93 bits per heavy atom. The molecule has 1 N–H and O–H groups in total. The van der Waals surface area contributed by atoms with Gasteiger partial charge in [-0.05, 0) is 44.0 Å². The van der Waals surface area contributed by atoms with Crippen LogP contribution in [0.3, 0.4) is 0 Å². The molecular formula is C17H23N5O4S. The first-order chi connectivity index (χ1) is 12.9. The van der Waals surface area contributed by atoms with E-state index in [1.807, 2.05) is 6.92 Å². The molecule has 3 rings (SSSR count). The molecule has 27 heavy (non-hydrogen) atoms. The molecule has 1 fully saturated rings. The van der Waals surface area contributed by atoms with Gasteiger partial charge in [0.2, 0.25) is 15.0 Å². The number of piperidine rings is 1. The second kappa shape index (κ2) is 7.95. The number of nitrogens with zero attached hydrogens (tertiary/aromatic N) is 4. The first kappa shape index (κ1) is 19.2. The molecule has 0 unspecified atom stereocenters. The van der Waals surface area contributed by atoms with Crippen LogP contribution in [0.15, 0.2) is 35.7 Å². The average molecular weight is 393 g/mol. The monoisotopic (exact) mass is 393 g/mol. The standard InChI is InChI=1S/C17H23N5O4S/c1-3-26-14-6-4-13(5-7-14)19-16(23)22-10-8-15(9-11-22)27(24,25)17-20-18-12-21(17)2/h4-7,12,15H,3,8-11H2,1-2H3,(H,19,23). The zero-order valence-corrected chi connectivity index (χ0v) is 16.1. The number of hydrogen-bond acceptors (Lipinski definition) is 6. The van der Waals surface area contributed by atoms with E-state index in [0.717, 1.165) is 5.75 Å². The summed E-state index contributed by atoms with van der Waals surface area (Å²) in [6.07, 6.45) is 2.10. The molecule has 0 radical (unpaired) electrons. The lowest BCUT2D eigenvalue weighted by Crippen LogP contribution is -2.44. The Morgan fingerprint density at radius 1 is 1.26 bits per heavy atom. The van der Waals surface area contributed by atoms with Crippen LogP contribution >= 0.6 is 0 Å². The van der Waals surface area contributed by atoms with Crippen LogP contribution in [-0.2, 0) is 16.9 Å². The Kier molecular flexibility index (Phi) is 5.64. The summed E-state index contributed by atoms with van der Waals surface area (Å²) in [5.41, 5.74) is 0.664.